The Labute approximate surface area is 233 Å². The van der Waals surface area contributed by atoms with E-state index in [1.807, 2.05) is 24.4 Å². The number of aliphatic hydroxyl groups is 2. The Hall–Kier alpha value is -2.82. The summed E-state index contributed by atoms with van der Waals surface area (Å²) >= 11 is 1.59. The number of nitrogens with one attached hydrogen (secondary N) is 2. The van der Waals surface area contributed by atoms with Crippen LogP contribution >= 0.6 is 11.3 Å². The van der Waals surface area contributed by atoms with Crippen LogP contribution in [0.2, 0.25) is 0 Å². The van der Waals surface area contributed by atoms with E-state index >= 15 is 0 Å². The van der Waals surface area contributed by atoms with Gasteiger partial charge >= 0.3 is 6.09 Å². The van der Waals surface area contributed by atoms with Gasteiger partial charge in [0.2, 0.25) is 5.91 Å². The topological polar surface area (TPSA) is 126 Å². The van der Waals surface area contributed by atoms with Crippen molar-refractivity contribution < 1.29 is 34.0 Å². The van der Waals surface area contributed by atoms with E-state index in [1.165, 1.54) is 14.2 Å². The second kappa shape index (κ2) is 12.1. The number of amides is 2. The quantitative estimate of drug-likeness (QED) is 0.354. The zero-order valence-corrected chi connectivity index (χ0v) is 23.9. The molecule has 0 radical (unpaired) electrons. The van der Waals surface area contributed by atoms with Crippen molar-refractivity contribution in [3.8, 4) is 11.5 Å². The Balaban J connectivity index is 1.46. The summed E-state index contributed by atoms with van der Waals surface area (Å²) in [7, 11) is 3.06. The molecule has 0 saturated heterocycles. The molecule has 0 bridgehead atoms. The number of hydrogen-bond donors (Lipinski definition) is 4. The molecule has 10 heteroatoms. The van der Waals surface area contributed by atoms with Crippen molar-refractivity contribution in [2.75, 3.05) is 26.1 Å². The molecular weight excluding hydrogens is 520 g/mol. The van der Waals surface area contributed by atoms with Gasteiger partial charge in [0.25, 0.3) is 0 Å². The van der Waals surface area contributed by atoms with Crippen molar-refractivity contribution in [2.45, 2.75) is 64.7 Å². The van der Waals surface area contributed by atoms with Gasteiger partial charge in [0.15, 0.2) is 0 Å². The van der Waals surface area contributed by atoms with Gasteiger partial charge in [0, 0.05) is 34.9 Å². The molecule has 0 aliphatic heterocycles. The highest BCUT2D eigenvalue weighted by molar-refractivity contribution is 7.09. The smallest absolute Gasteiger partial charge is 0.411 e. The first-order chi connectivity index (χ1) is 18.6. The van der Waals surface area contributed by atoms with Crippen molar-refractivity contribution >= 4 is 29.0 Å². The predicted octanol–water partition coefficient (Wildman–Crippen LogP) is 4.57. The lowest BCUT2D eigenvalue weighted by Gasteiger charge is -2.60. The van der Waals surface area contributed by atoms with E-state index in [0.29, 0.717) is 49.4 Å². The molecule has 4 N–H and O–H groups in total. The summed E-state index contributed by atoms with van der Waals surface area (Å²) in [6, 6.07) is 8.98. The number of methoxy groups -OCH3 is 2. The molecule has 0 spiro atoms. The van der Waals surface area contributed by atoms with Crippen LogP contribution in [0.25, 0.3) is 0 Å². The van der Waals surface area contributed by atoms with E-state index < -0.39 is 29.1 Å². The molecule has 4 rings (SSSR count). The zero-order valence-electron chi connectivity index (χ0n) is 23.1. The summed E-state index contributed by atoms with van der Waals surface area (Å²) in [5.74, 6) is 0.668. The van der Waals surface area contributed by atoms with Gasteiger partial charge in [-0.1, -0.05) is 19.9 Å². The third-order valence-electron chi connectivity index (χ3n) is 8.97. The summed E-state index contributed by atoms with van der Waals surface area (Å²) in [5.41, 5.74) is -0.661. The fraction of sp³-hybridized carbons (Fsp3) is 0.586. The van der Waals surface area contributed by atoms with E-state index in [-0.39, 0.29) is 30.8 Å². The van der Waals surface area contributed by atoms with E-state index in [0.717, 1.165) is 4.88 Å². The van der Waals surface area contributed by atoms with Crippen LogP contribution in [-0.2, 0) is 16.1 Å². The molecule has 2 amide bonds. The minimum absolute atomic E-state index is 0.0445. The van der Waals surface area contributed by atoms with Gasteiger partial charge < -0.3 is 29.7 Å². The number of benzene rings is 1. The fourth-order valence-electron chi connectivity index (χ4n) is 6.81. The van der Waals surface area contributed by atoms with Crippen LogP contribution in [0.3, 0.4) is 0 Å². The molecule has 9 nitrogen and oxygen atoms in total. The standard InChI is InChI=1S/C29H40N2O7S/c1-28-10-9-25(38-27(35)31-18-12-19(36-3)14-20(13-18)37-4)29(2,17-32)24(28)8-7-23(33)22(28)15-26(34)30-16-21-6-5-11-39-21/h5-6,11-14,22-25,32-33H,7-10,15-17H2,1-4H3,(H,30,34)(H,31,35)/t22-,23-,24+,25-,28+,29+/m1/s1. The summed E-state index contributed by atoms with van der Waals surface area (Å²) in [4.78, 5) is 27.0. The number of fused-ring (bicyclic) bond motifs is 1. The van der Waals surface area contributed by atoms with E-state index in [2.05, 4.69) is 17.6 Å². The maximum Gasteiger partial charge on any atom is 0.411 e. The summed E-state index contributed by atoms with van der Waals surface area (Å²) < 4.78 is 16.5. The normalized spacial score (nSPS) is 30.1. The largest absolute Gasteiger partial charge is 0.497 e. The Bertz CT molecular complexity index is 1120. The first-order valence-electron chi connectivity index (χ1n) is 13.4. The second-order valence-corrected chi connectivity index (χ2v) is 12.2. The molecule has 1 heterocycles. The first kappa shape index (κ1) is 29.2. The number of hydrogen-bond acceptors (Lipinski definition) is 8. The number of carbonyl (C=O) groups is 2. The molecule has 2 saturated carbocycles. The molecule has 2 aliphatic carbocycles. The van der Waals surface area contributed by atoms with Crippen molar-refractivity contribution in [2.24, 2.45) is 22.7 Å². The number of ether oxygens (including phenoxy) is 3. The SMILES string of the molecule is COc1cc(NC(=O)O[C@@H]2CC[C@]3(C)[C@H](CC[C@@H](O)[C@H]3CC(=O)NCc3cccs3)[C@]2(C)CO)cc(OC)c1. The van der Waals surface area contributed by atoms with Gasteiger partial charge in [-0.25, -0.2) is 4.79 Å². The number of anilines is 1. The van der Waals surface area contributed by atoms with Crippen molar-refractivity contribution in [3.05, 3.63) is 40.6 Å². The molecule has 2 aliphatic rings. The summed E-state index contributed by atoms with van der Waals surface area (Å²) in [6.07, 6.45) is 0.834. The Morgan fingerprint density at radius 1 is 1.10 bits per heavy atom. The van der Waals surface area contributed by atoms with E-state index in [1.54, 1.807) is 29.5 Å². The molecule has 2 fully saturated rings. The van der Waals surface area contributed by atoms with Crippen LogP contribution in [0.5, 0.6) is 11.5 Å². The molecule has 2 aromatic rings. The van der Waals surface area contributed by atoms with Crippen LogP contribution in [0, 0.1) is 22.7 Å². The lowest BCUT2D eigenvalue weighted by Crippen LogP contribution is -2.61. The van der Waals surface area contributed by atoms with Gasteiger partial charge in [0.05, 0.1) is 39.2 Å². The third-order valence-corrected chi connectivity index (χ3v) is 9.84. The Kier molecular flexibility index (Phi) is 9.08. The third kappa shape index (κ3) is 6.18. The average Bonchev–Trinajstić information content (AvgIpc) is 3.45. The van der Waals surface area contributed by atoms with E-state index in [4.69, 9.17) is 14.2 Å². The minimum atomic E-state index is -0.734. The lowest BCUT2D eigenvalue weighted by atomic mass is 9.46. The summed E-state index contributed by atoms with van der Waals surface area (Å²) in [5, 5.41) is 29.4. The van der Waals surface area contributed by atoms with Gasteiger partial charge in [-0.05, 0) is 54.4 Å². The van der Waals surface area contributed by atoms with Crippen LogP contribution in [-0.4, -0.2) is 55.2 Å². The maximum absolute atomic E-state index is 13.0. The average molecular weight is 561 g/mol. The van der Waals surface area contributed by atoms with Gasteiger partial charge in [-0.2, -0.15) is 0 Å². The molecule has 1 aromatic carbocycles. The highest BCUT2D eigenvalue weighted by Crippen LogP contribution is 2.61. The number of carbonyl (C=O) groups excluding carboxylic acids is 2. The molecule has 6 atom stereocenters. The van der Waals surface area contributed by atoms with Crippen LogP contribution in [0.15, 0.2) is 35.7 Å². The molecular formula is C29H40N2O7S. The maximum atomic E-state index is 13.0. The van der Waals surface area contributed by atoms with Crippen molar-refractivity contribution in [1.82, 2.24) is 5.32 Å². The van der Waals surface area contributed by atoms with Crippen LogP contribution < -0.4 is 20.1 Å². The highest BCUT2D eigenvalue weighted by Gasteiger charge is 2.60. The van der Waals surface area contributed by atoms with Crippen LogP contribution in [0.4, 0.5) is 10.5 Å². The summed E-state index contributed by atoms with van der Waals surface area (Å²) in [6.45, 7) is 4.36. The lowest BCUT2D eigenvalue weighted by molar-refractivity contribution is -0.185. The molecule has 0 unspecified atom stereocenters. The zero-order chi connectivity index (χ0) is 28.2. The number of aliphatic hydroxyl groups excluding tert-OH is 2. The minimum Gasteiger partial charge on any atom is -0.497 e. The Morgan fingerprint density at radius 3 is 2.44 bits per heavy atom. The molecule has 39 heavy (non-hydrogen) atoms. The molecule has 1 aromatic heterocycles. The molecule has 214 valence electrons. The predicted molar refractivity (Wildman–Crippen MR) is 149 cm³/mol. The number of rotatable bonds is 9. The van der Waals surface area contributed by atoms with Gasteiger partial charge in [-0.3, -0.25) is 10.1 Å². The Morgan fingerprint density at radius 2 is 1.82 bits per heavy atom. The van der Waals surface area contributed by atoms with Gasteiger partial charge in [-0.15, -0.1) is 11.3 Å². The first-order valence-corrected chi connectivity index (χ1v) is 14.3. The monoisotopic (exact) mass is 560 g/mol. The van der Waals surface area contributed by atoms with Crippen LogP contribution in [0.1, 0.15) is 50.8 Å². The number of thiophene rings is 1. The van der Waals surface area contributed by atoms with Gasteiger partial charge in [0.1, 0.15) is 17.6 Å². The fourth-order valence-corrected chi connectivity index (χ4v) is 7.45. The second-order valence-electron chi connectivity index (χ2n) is 11.2. The van der Waals surface area contributed by atoms with Crippen molar-refractivity contribution in [3.63, 3.8) is 0 Å². The highest BCUT2D eigenvalue weighted by atomic mass is 32.1. The van der Waals surface area contributed by atoms with Crippen molar-refractivity contribution in [1.29, 1.82) is 0 Å². The van der Waals surface area contributed by atoms with E-state index in [9.17, 15) is 19.8 Å².